The molecule has 0 radical (unpaired) electrons. The van der Waals surface area contributed by atoms with E-state index >= 15 is 0 Å². The number of carbonyl (C=O) groups excluding carboxylic acids is 1. The molecule has 0 saturated carbocycles. The first kappa shape index (κ1) is 16.5. The van der Waals surface area contributed by atoms with E-state index in [4.69, 9.17) is 14.5 Å². The third kappa shape index (κ3) is 4.54. The van der Waals surface area contributed by atoms with Crippen molar-refractivity contribution in [1.82, 2.24) is 15.5 Å². The Bertz CT molecular complexity index is 740. The lowest BCUT2D eigenvalue weighted by Crippen LogP contribution is -2.34. The van der Waals surface area contributed by atoms with E-state index in [-0.39, 0.29) is 5.89 Å². The van der Waals surface area contributed by atoms with Gasteiger partial charge in [0, 0.05) is 5.56 Å². The second-order valence-electron chi connectivity index (χ2n) is 6.02. The third-order valence-corrected chi connectivity index (χ3v) is 2.80. The summed E-state index contributed by atoms with van der Waals surface area (Å²) in [5.74, 6) is 0.614. The van der Waals surface area contributed by atoms with Crippen molar-refractivity contribution in [2.75, 3.05) is 0 Å². The SMILES string of the molecule is C[C@H](NC(=O)OC(C)(C)C)c1nc(-c2cccc(C#N)c2)no1. The van der Waals surface area contributed by atoms with Crippen LogP contribution in [0.5, 0.6) is 0 Å². The van der Waals surface area contributed by atoms with Gasteiger partial charge in [-0.15, -0.1) is 0 Å². The highest BCUT2D eigenvalue weighted by Crippen LogP contribution is 2.20. The van der Waals surface area contributed by atoms with Crippen LogP contribution < -0.4 is 5.32 Å². The Kier molecular flexibility index (Phi) is 4.65. The summed E-state index contributed by atoms with van der Waals surface area (Å²) in [5.41, 5.74) is 0.596. The molecule has 0 bridgehead atoms. The van der Waals surface area contributed by atoms with Crippen molar-refractivity contribution >= 4 is 6.09 Å². The lowest BCUT2D eigenvalue weighted by atomic mass is 10.1. The zero-order chi connectivity index (χ0) is 17.0. The number of ether oxygens (including phenoxy) is 1. The van der Waals surface area contributed by atoms with Gasteiger partial charge in [-0.25, -0.2) is 4.79 Å². The predicted octanol–water partition coefficient (Wildman–Crippen LogP) is 3.19. The molecule has 7 heteroatoms. The maximum absolute atomic E-state index is 11.7. The molecule has 0 saturated heterocycles. The number of amides is 1. The van der Waals surface area contributed by atoms with Crippen molar-refractivity contribution in [2.45, 2.75) is 39.3 Å². The molecule has 0 aliphatic heterocycles. The predicted molar refractivity (Wildman–Crippen MR) is 82.2 cm³/mol. The Morgan fingerprint density at radius 1 is 1.43 bits per heavy atom. The maximum atomic E-state index is 11.7. The molecule has 0 unspecified atom stereocenters. The molecular weight excluding hydrogens is 296 g/mol. The van der Waals surface area contributed by atoms with Crippen LogP contribution in [0.15, 0.2) is 28.8 Å². The zero-order valence-electron chi connectivity index (χ0n) is 13.5. The first-order chi connectivity index (χ1) is 10.8. The molecule has 7 nitrogen and oxygen atoms in total. The minimum absolute atomic E-state index is 0.258. The Morgan fingerprint density at radius 2 is 2.17 bits per heavy atom. The molecule has 120 valence electrons. The Hall–Kier alpha value is -2.88. The number of nitrogens with zero attached hydrogens (tertiary/aromatic N) is 3. The Morgan fingerprint density at radius 3 is 2.83 bits per heavy atom. The van der Waals surface area contributed by atoms with E-state index in [0.29, 0.717) is 17.0 Å². The summed E-state index contributed by atoms with van der Waals surface area (Å²) in [7, 11) is 0. The molecule has 1 amide bonds. The molecule has 0 aliphatic carbocycles. The highest BCUT2D eigenvalue weighted by Gasteiger charge is 2.21. The summed E-state index contributed by atoms with van der Waals surface area (Å²) in [6, 6.07) is 8.44. The number of hydrogen-bond donors (Lipinski definition) is 1. The van der Waals surface area contributed by atoms with Gasteiger partial charge in [-0.1, -0.05) is 17.3 Å². The minimum atomic E-state index is -0.582. The van der Waals surface area contributed by atoms with Gasteiger partial charge in [0.2, 0.25) is 11.7 Å². The van der Waals surface area contributed by atoms with Gasteiger partial charge in [-0.05, 0) is 39.8 Å². The molecule has 1 aromatic carbocycles. The Labute approximate surface area is 134 Å². The van der Waals surface area contributed by atoms with Gasteiger partial charge in [0.05, 0.1) is 11.6 Å². The first-order valence-corrected chi connectivity index (χ1v) is 7.12. The highest BCUT2D eigenvalue weighted by atomic mass is 16.6. The van der Waals surface area contributed by atoms with Crippen molar-refractivity contribution in [3.8, 4) is 17.5 Å². The average molecular weight is 314 g/mol. The van der Waals surface area contributed by atoms with Crippen molar-refractivity contribution in [3.05, 3.63) is 35.7 Å². The largest absolute Gasteiger partial charge is 0.444 e. The maximum Gasteiger partial charge on any atom is 0.408 e. The fourth-order valence-electron chi connectivity index (χ4n) is 1.80. The first-order valence-electron chi connectivity index (χ1n) is 7.12. The average Bonchev–Trinajstić information content (AvgIpc) is 2.95. The fourth-order valence-corrected chi connectivity index (χ4v) is 1.80. The van der Waals surface area contributed by atoms with Crippen LogP contribution in [-0.4, -0.2) is 21.8 Å². The van der Waals surface area contributed by atoms with Crippen molar-refractivity contribution in [3.63, 3.8) is 0 Å². The molecule has 2 rings (SSSR count). The standard InChI is InChI=1S/C16H18N4O3/c1-10(18-15(21)22-16(2,3)4)14-19-13(20-23-14)12-7-5-6-11(8-12)9-17/h5-8,10H,1-4H3,(H,18,21)/t10-/m0/s1. The number of benzene rings is 1. The monoisotopic (exact) mass is 314 g/mol. The van der Waals surface area contributed by atoms with Crippen LogP contribution >= 0.6 is 0 Å². The number of nitrogens with one attached hydrogen (secondary N) is 1. The van der Waals surface area contributed by atoms with E-state index in [2.05, 4.69) is 21.5 Å². The van der Waals surface area contributed by atoms with Gasteiger partial charge in [-0.3, -0.25) is 0 Å². The summed E-state index contributed by atoms with van der Waals surface area (Å²) >= 11 is 0. The number of alkyl carbamates (subject to hydrolysis) is 1. The summed E-state index contributed by atoms with van der Waals surface area (Å²) in [6.07, 6.45) is -0.559. The summed E-state index contributed by atoms with van der Waals surface area (Å²) in [4.78, 5) is 16.0. The van der Waals surface area contributed by atoms with Gasteiger partial charge in [0.15, 0.2) is 0 Å². The normalized spacial score (nSPS) is 12.3. The molecule has 1 heterocycles. The third-order valence-electron chi connectivity index (χ3n) is 2.80. The quantitative estimate of drug-likeness (QED) is 0.933. The molecule has 1 N–H and O–H groups in total. The topological polar surface area (TPSA) is 101 Å². The van der Waals surface area contributed by atoms with E-state index in [1.54, 1.807) is 52.0 Å². The molecule has 1 atom stereocenters. The lowest BCUT2D eigenvalue weighted by Gasteiger charge is -2.20. The van der Waals surface area contributed by atoms with E-state index in [0.717, 1.165) is 0 Å². The van der Waals surface area contributed by atoms with Gasteiger partial charge in [0.25, 0.3) is 0 Å². The van der Waals surface area contributed by atoms with Gasteiger partial charge < -0.3 is 14.6 Å². The van der Waals surface area contributed by atoms with E-state index in [9.17, 15) is 4.79 Å². The molecule has 0 spiro atoms. The molecule has 0 aliphatic rings. The summed E-state index contributed by atoms with van der Waals surface area (Å²) in [5, 5.41) is 15.4. The van der Waals surface area contributed by atoms with Gasteiger partial charge >= 0.3 is 6.09 Å². The number of hydrogen-bond acceptors (Lipinski definition) is 6. The number of rotatable bonds is 3. The summed E-state index contributed by atoms with van der Waals surface area (Å²) in [6.45, 7) is 7.06. The van der Waals surface area contributed by atoms with Crippen LogP contribution in [0.2, 0.25) is 0 Å². The molecule has 0 fully saturated rings. The zero-order valence-corrected chi connectivity index (χ0v) is 13.5. The van der Waals surface area contributed by atoms with Crippen LogP contribution in [0.1, 0.15) is 45.2 Å². The molecular formula is C16H18N4O3. The second-order valence-corrected chi connectivity index (χ2v) is 6.02. The number of carbonyl (C=O) groups is 1. The van der Waals surface area contributed by atoms with Gasteiger partial charge in [0.1, 0.15) is 11.6 Å². The van der Waals surface area contributed by atoms with Crippen LogP contribution in [0.3, 0.4) is 0 Å². The molecule has 23 heavy (non-hydrogen) atoms. The van der Waals surface area contributed by atoms with Crippen molar-refractivity contribution < 1.29 is 14.1 Å². The van der Waals surface area contributed by atoms with Crippen molar-refractivity contribution in [1.29, 1.82) is 5.26 Å². The number of aromatic nitrogens is 2. The van der Waals surface area contributed by atoms with Crippen LogP contribution in [0.25, 0.3) is 11.4 Å². The van der Waals surface area contributed by atoms with Crippen LogP contribution in [-0.2, 0) is 4.74 Å². The van der Waals surface area contributed by atoms with Crippen LogP contribution in [0.4, 0.5) is 4.79 Å². The van der Waals surface area contributed by atoms with Crippen LogP contribution in [0, 0.1) is 11.3 Å². The van der Waals surface area contributed by atoms with E-state index in [1.165, 1.54) is 0 Å². The fraction of sp³-hybridized carbons (Fsp3) is 0.375. The molecule has 2 aromatic rings. The smallest absolute Gasteiger partial charge is 0.408 e. The lowest BCUT2D eigenvalue weighted by molar-refractivity contribution is 0.0499. The Balaban J connectivity index is 2.09. The van der Waals surface area contributed by atoms with E-state index < -0.39 is 17.7 Å². The summed E-state index contributed by atoms with van der Waals surface area (Å²) < 4.78 is 10.3. The highest BCUT2D eigenvalue weighted by molar-refractivity contribution is 5.68. The number of nitriles is 1. The second kappa shape index (κ2) is 6.48. The van der Waals surface area contributed by atoms with Crippen molar-refractivity contribution in [2.24, 2.45) is 0 Å². The van der Waals surface area contributed by atoms with E-state index in [1.807, 2.05) is 0 Å². The minimum Gasteiger partial charge on any atom is -0.444 e. The molecule has 1 aromatic heterocycles. The van der Waals surface area contributed by atoms with Gasteiger partial charge in [-0.2, -0.15) is 10.2 Å².